The van der Waals surface area contributed by atoms with E-state index in [1.807, 2.05) is 24.3 Å². The molecule has 0 fully saturated rings. The summed E-state index contributed by atoms with van der Waals surface area (Å²) in [5.74, 6) is 0.219. The average molecular weight is 190 g/mol. The van der Waals surface area contributed by atoms with E-state index in [4.69, 9.17) is 9.15 Å². The third-order valence-corrected chi connectivity index (χ3v) is 1.98. The second kappa shape index (κ2) is 3.64. The molecular weight excluding hydrogens is 180 g/mol. The summed E-state index contributed by atoms with van der Waals surface area (Å²) in [6.07, 6.45) is 0. The van der Waals surface area contributed by atoms with E-state index >= 15 is 0 Å². The van der Waals surface area contributed by atoms with Crippen molar-refractivity contribution in [2.24, 2.45) is 0 Å². The van der Waals surface area contributed by atoms with E-state index in [1.165, 1.54) is 7.11 Å². The molecular formula is C11H10O3. The maximum atomic E-state index is 11.4. The molecule has 14 heavy (non-hydrogen) atoms. The number of hydrogen-bond acceptors (Lipinski definition) is 3. The molecule has 0 N–H and O–H groups in total. The van der Waals surface area contributed by atoms with Gasteiger partial charge in [0.25, 0.3) is 0 Å². The smallest absolute Gasteiger partial charge is 0.223 e. The molecule has 1 aromatic heterocycles. The predicted molar refractivity (Wildman–Crippen MR) is 52.4 cm³/mol. The fourth-order valence-corrected chi connectivity index (χ4v) is 1.32. The van der Waals surface area contributed by atoms with Crippen molar-refractivity contribution in [1.82, 2.24) is 0 Å². The highest BCUT2D eigenvalue weighted by Crippen LogP contribution is 2.18. The molecule has 0 unspecified atom stereocenters. The van der Waals surface area contributed by atoms with Crippen molar-refractivity contribution in [1.29, 1.82) is 0 Å². The second-order valence-corrected chi connectivity index (χ2v) is 3.00. The Kier molecular flexibility index (Phi) is 2.33. The van der Waals surface area contributed by atoms with Crippen LogP contribution in [0.2, 0.25) is 0 Å². The molecule has 2 rings (SSSR count). The van der Waals surface area contributed by atoms with Crippen LogP contribution in [0.25, 0.3) is 11.0 Å². The molecule has 0 radical (unpaired) electrons. The van der Waals surface area contributed by atoms with Gasteiger partial charge >= 0.3 is 0 Å². The summed E-state index contributed by atoms with van der Waals surface area (Å²) in [7, 11) is 1.49. The van der Waals surface area contributed by atoms with Crippen molar-refractivity contribution in [3.05, 3.63) is 36.1 Å². The number of hydrogen-bond donors (Lipinski definition) is 0. The molecule has 72 valence electrons. The number of carbonyl (C=O) groups is 1. The number of ketones is 1. The van der Waals surface area contributed by atoms with Gasteiger partial charge in [-0.2, -0.15) is 0 Å². The van der Waals surface area contributed by atoms with Crippen molar-refractivity contribution >= 4 is 16.8 Å². The molecule has 2 aromatic rings. The first-order valence-electron chi connectivity index (χ1n) is 4.32. The largest absolute Gasteiger partial charge is 0.453 e. The van der Waals surface area contributed by atoms with E-state index in [1.54, 1.807) is 6.07 Å². The molecule has 1 heterocycles. The predicted octanol–water partition coefficient (Wildman–Crippen LogP) is 2.26. The molecule has 0 amide bonds. The molecule has 3 heteroatoms. The van der Waals surface area contributed by atoms with Crippen LogP contribution in [0.15, 0.2) is 34.7 Å². The van der Waals surface area contributed by atoms with Gasteiger partial charge in [-0.1, -0.05) is 18.2 Å². The number of para-hydroxylation sites is 1. The maximum Gasteiger partial charge on any atom is 0.223 e. The standard InChI is InChI=1S/C11H10O3/c1-13-7-9(12)11-6-8-4-2-3-5-10(8)14-11/h2-6H,7H2,1H3. The summed E-state index contributed by atoms with van der Waals surface area (Å²) in [5, 5.41) is 0.937. The van der Waals surface area contributed by atoms with Crippen LogP contribution < -0.4 is 0 Å². The zero-order valence-corrected chi connectivity index (χ0v) is 7.82. The van der Waals surface area contributed by atoms with Crippen LogP contribution in [0.1, 0.15) is 10.6 Å². The van der Waals surface area contributed by atoms with E-state index in [9.17, 15) is 4.79 Å². The zero-order valence-electron chi connectivity index (χ0n) is 7.82. The minimum Gasteiger partial charge on any atom is -0.453 e. The topological polar surface area (TPSA) is 39.4 Å². The van der Waals surface area contributed by atoms with Crippen LogP contribution in [-0.2, 0) is 4.74 Å². The van der Waals surface area contributed by atoms with E-state index in [-0.39, 0.29) is 12.4 Å². The lowest BCUT2D eigenvalue weighted by molar-refractivity contribution is 0.0822. The van der Waals surface area contributed by atoms with Crippen molar-refractivity contribution < 1.29 is 13.9 Å². The van der Waals surface area contributed by atoms with Gasteiger partial charge in [0.15, 0.2) is 5.76 Å². The van der Waals surface area contributed by atoms with Crippen LogP contribution in [-0.4, -0.2) is 19.5 Å². The summed E-state index contributed by atoms with van der Waals surface area (Å²) in [5.41, 5.74) is 0.729. The first kappa shape index (κ1) is 8.97. The van der Waals surface area contributed by atoms with Crippen molar-refractivity contribution in [2.45, 2.75) is 0 Å². The number of rotatable bonds is 3. The molecule has 1 aromatic carbocycles. The average Bonchev–Trinajstić information content (AvgIpc) is 2.61. The van der Waals surface area contributed by atoms with Gasteiger partial charge in [0.1, 0.15) is 12.2 Å². The van der Waals surface area contributed by atoms with Crippen LogP contribution in [0.4, 0.5) is 0 Å². The Morgan fingerprint density at radius 1 is 1.43 bits per heavy atom. The first-order chi connectivity index (χ1) is 6.81. The van der Waals surface area contributed by atoms with Crippen LogP contribution in [0.5, 0.6) is 0 Å². The minimum atomic E-state index is -0.135. The minimum absolute atomic E-state index is 0.0554. The summed E-state index contributed by atoms with van der Waals surface area (Å²) in [6.45, 7) is 0.0554. The molecule has 0 bridgehead atoms. The van der Waals surface area contributed by atoms with E-state index in [0.717, 1.165) is 11.0 Å². The Hall–Kier alpha value is -1.61. The van der Waals surface area contributed by atoms with Crippen LogP contribution in [0, 0.1) is 0 Å². The number of benzene rings is 1. The number of ether oxygens (including phenoxy) is 1. The number of fused-ring (bicyclic) bond motifs is 1. The molecule has 0 aliphatic heterocycles. The Morgan fingerprint density at radius 3 is 2.93 bits per heavy atom. The molecule has 0 saturated heterocycles. The lowest BCUT2D eigenvalue weighted by Crippen LogP contribution is -2.05. The molecule has 3 nitrogen and oxygen atoms in total. The summed E-state index contributed by atoms with van der Waals surface area (Å²) < 4.78 is 10.1. The summed E-state index contributed by atoms with van der Waals surface area (Å²) >= 11 is 0. The van der Waals surface area contributed by atoms with Gasteiger partial charge in [-0.3, -0.25) is 4.79 Å². The number of Topliss-reactive ketones (excluding diaryl/α,β-unsaturated/α-hetero) is 1. The van der Waals surface area contributed by atoms with Crippen molar-refractivity contribution in [2.75, 3.05) is 13.7 Å². The Balaban J connectivity index is 2.40. The first-order valence-corrected chi connectivity index (χ1v) is 4.32. The van der Waals surface area contributed by atoms with Gasteiger partial charge < -0.3 is 9.15 Å². The number of carbonyl (C=O) groups excluding carboxylic acids is 1. The van der Waals surface area contributed by atoms with Gasteiger partial charge in [-0.05, 0) is 12.1 Å². The van der Waals surface area contributed by atoms with Crippen LogP contribution in [0.3, 0.4) is 0 Å². The van der Waals surface area contributed by atoms with E-state index in [0.29, 0.717) is 5.76 Å². The highest BCUT2D eigenvalue weighted by molar-refractivity contribution is 5.98. The molecule has 0 atom stereocenters. The van der Waals surface area contributed by atoms with E-state index in [2.05, 4.69) is 0 Å². The highest BCUT2D eigenvalue weighted by Gasteiger charge is 2.10. The second-order valence-electron chi connectivity index (χ2n) is 3.00. The Labute approximate surface area is 81.3 Å². The lowest BCUT2D eigenvalue weighted by atomic mass is 10.2. The lowest BCUT2D eigenvalue weighted by Gasteiger charge is -1.92. The van der Waals surface area contributed by atoms with Crippen molar-refractivity contribution in [3.8, 4) is 0 Å². The van der Waals surface area contributed by atoms with Gasteiger partial charge in [-0.15, -0.1) is 0 Å². The molecule has 0 aliphatic carbocycles. The Bertz CT molecular complexity index is 423. The van der Waals surface area contributed by atoms with Gasteiger partial charge in [-0.25, -0.2) is 0 Å². The third-order valence-electron chi connectivity index (χ3n) is 1.98. The molecule has 0 saturated carbocycles. The van der Waals surface area contributed by atoms with Crippen LogP contribution >= 0.6 is 0 Å². The number of furan rings is 1. The summed E-state index contributed by atoms with van der Waals surface area (Å²) in [4.78, 5) is 11.4. The number of methoxy groups -OCH3 is 1. The maximum absolute atomic E-state index is 11.4. The van der Waals surface area contributed by atoms with Gasteiger partial charge in [0.2, 0.25) is 5.78 Å². The Morgan fingerprint density at radius 2 is 2.21 bits per heavy atom. The fraction of sp³-hybridized carbons (Fsp3) is 0.182. The zero-order chi connectivity index (χ0) is 9.97. The van der Waals surface area contributed by atoms with Gasteiger partial charge in [0.05, 0.1) is 0 Å². The normalized spacial score (nSPS) is 10.6. The summed E-state index contributed by atoms with van der Waals surface area (Å²) in [6, 6.07) is 9.25. The third kappa shape index (κ3) is 1.54. The van der Waals surface area contributed by atoms with Crippen molar-refractivity contribution in [3.63, 3.8) is 0 Å². The SMILES string of the molecule is COCC(=O)c1cc2ccccc2o1. The van der Waals surface area contributed by atoms with E-state index < -0.39 is 0 Å². The monoisotopic (exact) mass is 190 g/mol. The van der Waals surface area contributed by atoms with Gasteiger partial charge in [0, 0.05) is 12.5 Å². The quantitative estimate of drug-likeness (QED) is 0.697. The molecule has 0 aliphatic rings. The fourth-order valence-electron chi connectivity index (χ4n) is 1.32. The molecule has 0 spiro atoms. The highest BCUT2D eigenvalue weighted by atomic mass is 16.5.